The Morgan fingerprint density at radius 1 is 1.15 bits per heavy atom. The number of hydrogen-bond acceptors (Lipinski definition) is 4. The van der Waals surface area contributed by atoms with Gasteiger partial charge < -0.3 is 10.2 Å². The van der Waals surface area contributed by atoms with Crippen LogP contribution in [0.1, 0.15) is 23.2 Å². The van der Waals surface area contributed by atoms with Gasteiger partial charge in [-0.3, -0.25) is 4.79 Å². The minimum absolute atomic E-state index is 0.0311. The van der Waals surface area contributed by atoms with Gasteiger partial charge in [0.15, 0.2) is 5.13 Å². The molecule has 0 radical (unpaired) electrons. The summed E-state index contributed by atoms with van der Waals surface area (Å²) in [5.74, 6) is 0.564. The van der Waals surface area contributed by atoms with Gasteiger partial charge in [-0.2, -0.15) is 0 Å². The Hall–Kier alpha value is -1.67. The number of halogens is 1. The average molecular weight is 477 g/mol. The minimum atomic E-state index is 0.0311. The number of carbonyl (C=O) groups excluding carboxylic acids is 1. The van der Waals surface area contributed by atoms with Crippen molar-refractivity contribution in [2.45, 2.75) is 12.8 Å². The van der Waals surface area contributed by atoms with E-state index in [2.05, 4.69) is 51.0 Å². The molecule has 1 N–H and O–H groups in total. The van der Waals surface area contributed by atoms with Gasteiger partial charge in [0.25, 0.3) is 5.91 Å². The van der Waals surface area contributed by atoms with E-state index in [0.29, 0.717) is 5.92 Å². The Morgan fingerprint density at radius 2 is 1.88 bits per heavy atom. The van der Waals surface area contributed by atoms with Crippen molar-refractivity contribution in [2.75, 3.05) is 24.5 Å². The second kappa shape index (κ2) is 7.92. The summed E-state index contributed by atoms with van der Waals surface area (Å²) in [4.78, 5) is 19.5. The number of piperidine rings is 1. The lowest BCUT2D eigenvalue weighted by molar-refractivity contribution is 0.0944. The fraction of sp³-hybridized carbons (Fsp3) is 0.300. The van der Waals surface area contributed by atoms with Gasteiger partial charge in [0, 0.05) is 23.2 Å². The first-order valence-electron chi connectivity index (χ1n) is 8.84. The number of rotatable bonds is 4. The SMILES string of the molecule is O=C(NCC1CCN(c2nc3ccccc3s2)CC1)c1ccccc1I. The van der Waals surface area contributed by atoms with Crippen LogP contribution in [0.15, 0.2) is 48.5 Å². The Kier molecular flexibility index (Phi) is 5.40. The molecule has 0 saturated carbocycles. The monoisotopic (exact) mass is 477 g/mol. The van der Waals surface area contributed by atoms with Crippen LogP contribution in [0.25, 0.3) is 10.2 Å². The van der Waals surface area contributed by atoms with Crippen LogP contribution in [0, 0.1) is 9.49 Å². The van der Waals surface area contributed by atoms with Gasteiger partial charge in [-0.25, -0.2) is 4.98 Å². The van der Waals surface area contributed by atoms with Crippen LogP contribution in [-0.2, 0) is 0 Å². The number of amides is 1. The fourth-order valence-corrected chi connectivity index (χ4v) is 4.95. The molecule has 26 heavy (non-hydrogen) atoms. The lowest BCUT2D eigenvalue weighted by atomic mass is 9.97. The number of nitrogens with one attached hydrogen (secondary N) is 1. The topological polar surface area (TPSA) is 45.2 Å². The molecule has 2 aromatic carbocycles. The number of fused-ring (bicyclic) bond motifs is 1. The van der Waals surface area contributed by atoms with Crippen LogP contribution in [-0.4, -0.2) is 30.5 Å². The second-order valence-electron chi connectivity index (χ2n) is 6.58. The molecule has 0 unspecified atom stereocenters. The maximum Gasteiger partial charge on any atom is 0.252 e. The normalized spacial score (nSPS) is 15.3. The Balaban J connectivity index is 1.31. The zero-order valence-electron chi connectivity index (χ0n) is 14.3. The Bertz CT molecular complexity index is 885. The first-order chi connectivity index (χ1) is 12.7. The summed E-state index contributed by atoms with van der Waals surface area (Å²) >= 11 is 3.98. The quantitative estimate of drug-likeness (QED) is 0.561. The number of aromatic nitrogens is 1. The highest BCUT2D eigenvalue weighted by Gasteiger charge is 2.22. The summed E-state index contributed by atoms with van der Waals surface area (Å²) in [5.41, 5.74) is 1.85. The molecule has 1 aliphatic heterocycles. The van der Waals surface area contributed by atoms with Crippen molar-refractivity contribution in [1.29, 1.82) is 0 Å². The van der Waals surface area contributed by atoms with Crippen molar-refractivity contribution < 1.29 is 4.79 Å². The van der Waals surface area contributed by atoms with Crippen molar-refractivity contribution in [1.82, 2.24) is 10.3 Å². The number of hydrogen-bond donors (Lipinski definition) is 1. The van der Waals surface area contributed by atoms with Gasteiger partial charge >= 0.3 is 0 Å². The van der Waals surface area contributed by atoms with Crippen LogP contribution in [0.4, 0.5) is 5.13 Å². The highest BCUT2D eigenvalue weighted by atomic mass is 127. The molecule has 134 valence electrons. The van der Waals surface area contributed by atoms with Crippen molar-refractivity contribution >= 4 is 55.2 Å². The summed E-state index contributed by atoms with van der Waals surface area (Å²) in [6.45, 7) is 2.75. The third-order valence-electron chi connectivity index (χ3n) is 4.84. The lowest BCUT2D eigenvalue weighted by Crippen LogP contribution is -2.38. The van der Waals surface area contributed by atoms with Crippen molar-refractivity contribution in [3.63, 3.8) is 0 Å². The van der Waals surface area contributed by atoms with Crippen molar-refractivity contribution in [3.05, 3.63) is 57.7 Å². The first kappa shape index (κ1) is 17.7. The van der Waals surface area contributed by atoms with E-state index >= 15 is 0 Å². The number of benzene rings is 2. The summed E-state index contributed by atoms with van der Waals surface area (Å²) in [7, 11) is 0. The first-order valence-corrected chi connectivity index (χ1v) is 10.7. The van der Waals surface area contributed by atoms with E-state index < -0.39 is 0 Å². The minimum Gasteiger partial charge on any atom is -0.352 e. The van der Waals surface area contributed by atoms with Crippen LogP contribution >= 0.6 is 33.9 Å². The molecule has 0 atom stereocenters. The number of nitrogens with zero attached hydrogens (tertiary/aromatic N) is 2. The summed E-state index contributed by atoms with van der Waals surface area (Å²) < 4.78 is 2.24. The Labute approximate surface area is 170 Å². The van der Waals surface area contributed by atoms with Gasteiger partial charge in [-0.1, -0.05) is 35.6 Å². The second-order valence-corrected chi connectivity index (χ2v) is 8.76. The molecule has 4 nitrogen and oxygen atoms in total. The standard InChI is InChI=1S/C20H20IN3OS/c21-16-6-2-1-5-15(16)19(25)22-13-14-9-11-24(12-10-14)20-23-17-7-3-4-8-18(17)26-20/h1-8,14H,9-13H2,(H,22,25). The molecule has 0 aliphatic carbocycles. The number of anilines is 1. The van der Waals surface area contributed by atoms with E-state index in [9.17, 15) is 4.79 Å². The predicted octanol–water partition coefficient (Wildman–Crippen LogP) is 4.55. The third-order valence-corrected chi connectivity index (χ3v) is 6.88. The van der Waals surface area contributed by atoms with Gasteiger partial charge in [0.1, 0.15) is 0 Å². The third kappa shape index (κ3) is 3.86. The zero-order chi connectivity index (χ0) is 17.9. The molecule has 1 aromatic heterocycles. The van der Waals surface area contributed by atoms with E-state index in [1.165, 1.54) is 4.70 Å². The maximum absolute atomic E-state index is 12.4. The van der Waals surface area contributed by atoms with Crippen LogP contribution in [0.3, 0.4) is 0 Å². The van der Waals surface area contributed by atoms with E-state index in [4.69, 9.17) is 4.98 Å². The molecule has 3 aromatic rings. The summed E-state index contributed by atoms with van der Waals surface area (Å²) in [6.07, 6.45) is 2.17. The lowest BCUT2D eigenvalue weighted by Gasteiger charge is -2.31. The van der Waals surface area contributed by atoms with Gasteiger partial charge in [-0.05, 0) is 65.6 Å². The molecule has 4 rings (SSSR count). The smallest absolute Gasteiger partial charge is 0.252 e. The molecular weight excluding hydrogens is 457 g/mol. The fourth-order valence-electron chi connectivity index (χ4n) is 3.30. The molecule has 1 amide bonds. The molecule has 1 aliphatic rings. The predicted molar refractivity (Wildman–Crippen MR) is 116 cm³/mol. The van der Waals surface area contributed by atoms with Gasteiger partial charge in [0.2, 0.25) is 0 Å². The summed E-state index contributed by atoms with van der Waals surface area (Å²) in [6, 6.07) is 16.0. The van der Waals surface area contributed by atoms with E-state index in [1.54, 1.807) is 11.3 Å². The molecule has 1 fully saturated rings. The van der Waals surface area contributed by atoms with Crippen LogP contribution < -0.4 is 10.2 Å². The highest BCUT2D eigenvalue weighted by Crippen LogP contribution is 2.31. The largest absolute Gasteiger partial charge is 0.352 e. The number of carbonyl (C=O) groups is 1. The molecule has 1 saturated heterocycles. The van der Waals surface area contributed by atoms with Crippen molar-refractivity contribution in [2.24, 2.45) is 5.92 Å². The number of thiazole rings is 1. The molecule has 0 spiro atoms. The Morgan fingerprint density at radius 3 is 2.65 bits per heavy atom. The van der Waals surface area contributed by atoms with E-state index in [-0.39, 0.29) is 5.91 Å². The zero-order valence-corrected chi connectivity index (χ0v) is 17.3. The molecular formula is C20H20IN3OS. The molecule has 6 heteroatoms. The van der Waals surface area contributed by atoms with Gasteiger partial charge in [0.05, 0.1) is 15.8 Å². The summed E-state index contributed by atoms with van der Waals surface area (Å²) in [5, 5.41) is 4.23. The van der Waals surface area contributed by atoms with E-state index in [0.717, 1.165) is 52.3 Å². The molecule has 2 heterocycles. The average Bonchev–Trinajstić information content (AvgIpc) is 3.11. The van der Waals surface area contributed by atoms with E-state index in [1.807, 2.05) is 30.3 Å². The van der Waals surface area contributed by atoms with Crippen LogP contribution in [0.5, 0.6) is 0 Å². The van der Waals surface area contributed by atoms with Crippen molar-refractivity contribution in [3.8, 4) is 0 Å². The van der Waals surface area contributed by atoms with Gasteiger partial charge in [-0.15, -0.1) is 0 Å². The maximum atomic E-state index is 12.4. The highest BCUT2D eigenvalue weighted by molar-refractivity contribution is 14.1. The van der Waals surface area contributed by atoms with Crippen LogP contribution in [0.2, 0.25) is 0 Å². The molecule has 0 bridgehead atoms. The number of para-hydroxylation sites is 1.